The summed E-state index contributed by atoms with van der Waals surface area (Å²) in [6.07, 6.45) is 2.64. The molecule has 0 aromatic heterocycles. The van der Waals surface area contributed by atoms with Gasteiger partial charge in [0.15, 0.2) is 0 Å². The van der Waals surface area contributed by atoms with Gasteiger partial charge in [0.1, 0.15) is 6.54 Å². The van der Waals surface area contributed by atoms with Crippen molar-refractivity contribution < 1.29 is 14.4 Å². The molecular weight excluding hydrogens is 458 g/mol. The molecule has 2 aromatic carbocycles. The lowest BCUT2D eigenvalue weighted by molar-refractivity contribution is -0.127. The topological polar surface area (TPSA) is 69.7 Å². The third kappa shape index (κ3) is 4.66. The minimum absolute atomic E-state index is 0.0141. The molecule has 0 radical (unpaired) electrons. The predicted octanol–water partition coefficient (Wildman–Crippen LogP) is 5.74. The highest BCUT2D eigenvalue weighted by atomic mass is 35.5. The van der Waals surface area contributed by atoms with E-state index in [1.807, 2.05) is 18.2 Å². The van der Waals surface area contributed by atoms with Gasteiger partial charge in [-0.1, -0.05) is 36.7 Å². The summed E-state index contributed by atoms with van der Waals surface area (Å²) in [6, 6.07) is 12.8. The molecule has 33 heavy (non-hydrogen) atoms. The first-order valence-corrected chi connectivity index (χ1v) is 11.9. The predicted molar refractivity (Wildman–Crippen MR) is 135 cm³/mol. The van der Waals surface area contributed by atoms with Gasteiger partial charge in [-0.15, -0.1) is 0 Å². The molecule has 2 heterocycles. The largest absolute Gasteiger partial charge is 0.369 e. The second-order valence-electron chi connectivity index (χ2n) is 9.09. The molecule has 1 fully saturated rings. The number of para-hydroxylation sites is 1. The van der Waals surface area contributed by atoms with Gasteiger partial charge in [-0.05, 0) is 79.4 Å². The molecule has 1 saturated heterocycles. The Hall–Kier alpha value is -2.77. The van der Waals surface area contributed by atoms with Crippen molar-refractivity contribution >= 4 is 57.9 Å². The van der Waals surface area contributed by atoms with Gasteiger partial charge >= 0.3 is 0 Å². The highest BCUT2D eigenvalue weighted by Crippen LogP contribution is 2.45. The second kappa shape index (κ2) is 8.88. The molecule has 0 saturated carbocycles. The first kappa shape index (κ1) is 23.4. The number of imide groups is 1. The van der Waals surface area contributed by atoms with Gasteiger partial charge in [-0.2, -0.15) is 0 Å². The fraction of sp³-hybridized carbons (Fsp3) is 0.320. The Labute approximate surface area is 203 Å². The Morgan fingerprint density at radius 1 is 1.24 bits per heavy atom. The number of anilines is 2. The van der Waals surface area contributed by atoms with Gasteiger partial charge in [0, 0.05) is 29.0 Å². The molecule has 4 rings (SSSR count). The minimum atomic E-state index is -0.492. The standard InChI is InChI=1S/C25H26ClN3O3S/c1-15-13-25(2,3)28(4)20-12-19(26)16(10-18(15)20)11-21-23(31)29(24(32)33-21)14-22(30)27-17-8-6-5-7-9-17/h5-12,15H,13-14H2,1-4H3,(H,27,30)/b21-11-. The fourth-order valence-electron chi connectivity index (χ4n) is 4.36. The van der Waals surface area contributed by atoms with Crippen molar-refractivity contribution in [2.24, 2.45) is 0 Å². The molecule has 2 aromatic rings. The summed E-state index contributed by atoms with van der Waals surface area (Å²) in [5.74, 6) is -0.600. The summed E-state index contributed by atoms with van der Waals surface area (Å²) in [4.78, 5) is 41.2. The van der Waals surface area contributed by atoms with Crippen molar-refractivity contribution in [1.29, 1.82) is 0 Å². The van der Waals surface area contributed by atoms with Gasteiger partial charge in [-0.25, -0.2) is 0 Å². The van der Waals surface area contributed by atoms with Crippen LogP contribution >= 0.6 is 23.4 Å². The number of fused-ring (bicyclic) bond motifs is 1. The van der Waals surface area contributed by atoms with E-state index in [-0.39, 0.29) is 17.0 Å². The molecule has 3 amide bonds. The molecule has 1 N–H and O–H groups in total. The first-order chi connectivity index (χ1) is 15.6. The van der Waals surface area contributed by atoms with E-state index in [0.717, 1.165) is 34.3 Å². The maximum atomic E-state index is 12.9. The third-order valence-corrected chi connectivity index (χ3v) is 7.51. The number of halogens is 1. The number of hydrogen-bond acceptors (Lipinski definition) is 5. The van der Waals surface area contributed by atoms with Crippen molar-refractivity contribution in [3.63, 3.8) is 0 Å². The van der Waals surface area contributed by atoms with E-state index in [1.165, 1.54) is 0 Å². The molecule has 172 valence electrons. The smallest absolute Gasteiger partial charge is 0.294 e. The highest BCUT2D eigenvalue weighted by Gasteiger charge is 2.37. The zero-order valence-corrected chi connectivity index (χ0v) is 20.6. The summed E-state index contributed by atoms with van der Waals surface area (Å²) < 4.78 is 0. The molecule has 1 unspecified atom stereocenters. The lowest BCUT2D eigenvalue weighted by Gasteiger charge is -2.45. The van der Waals surface area contributed by atoms with Crippen molar-refractivity contribution in [2.75, 3.05) is 23.8 Å². The molecule has 0 bridgehead atoms. The van der Waals surface area contributed by atoms with Crippen LogP contribution in [0.25, 0.3) is 6.08 Å². The monoisotopic (exact) mass is 483 g/mol. The quantitative estimate of drug-likeness (QED) is 0.562. The number of rotatable bonds is 4. The van der Waals surface area contributed by atoms with E-state index in [9.17, 15) is 14.4 Å². The van der Waals surface area contributed by atoms with Crippen LogP contribution in [0.15, 0.2) is 47.4 Å². The van der Waals surface area contributed by atoms with Gasteiger partial charge < -0.3 is 10.2 Å². The molecule has 0 spiro atoms. The van der Waals surface area contributed by atoms with E-state index in [1.54, 1.807) is 30.3 Å². The Morgan fingerprint density at radius 3 is 2.64 bits per heavy atom. The maximum absolute atomic E-state index is 12.9. The number of benzene rings is 2. The van der Waals surface area contributed by atoms with E-state index in [0.29, 0.717) is 22.2 Å². The number of carbonyl (C=O) groups excluding carboxylic acids is 3. The number of thioether (sulfide) groups is 1. The van der Waals surface area contributed by atoms with Crippen molar-refractivity contribution in [2.45, 2.75) is 38.6 Å². The summed E-state index contributed by atoms with van der Waals surface area (Å²) in [6.45, 7) is 6.26. The Balaban J connectivity index is 1.55. The van der Waals surface area contributed by atoms with Crippen LogP contribution in [0.5, 0.6) is 0 Å². The molecule has 8 heteroatoms. The Bertz CT molecular complexity index is 1160. The zero-order chi connectivity index (χ0) is 23.9. The van der Waals surface area contributed by atoms with Crippen LogP contribution < -0.4 is 10.2 Å². The lowest BCUT2D eigenvalue weighted by atomic mass is 9.80. The van der Waals surface area contributed by atoms with Crippen LogP contribution in [0.2, 0.25) is 5.02 Å². The minimum Gasteiger partial charge on any atom is -0.369 e. The lowest BCUT2D eigenvalue weighted by Crippen LogP contribution is -2.45. The van der Waals surface area contributed by atoms with Crippen LogP contribution in [-0.2, 0) is 9.59 Å². The zero-order valence-electron chi connectivity index (χ0n) is 19.0. The highest BCUT2D eigenvalue weighted by molar-refractivity contribution is 8.18. The van der Waals surface area contributed by atoms with Gasteiger partial charge in [-0.3, -0.25) is 19.3 Å². The second-order valence-corrected chi connectivity index (χ2v) is 10.5. The number of nitrogens with zero attached hydrogens (tertiary/aromatic N) is 2. The van der Waals surface area contributed by atoms with E-state index < -0.39 is 17.1 Å². The van der Waals surface area contributed by atoms with Crippen LogP contribution in [0.3, 0.4) is 0 Å². The van der Waals surface area contributed by atoms with Crippen molar-refractivity contribution in [1.82, 2.24) is 4.90 Å². The fourth-order valence-corrected chi connectivity index (χ4v) is 5.40. The number of hydrogen-bond donors (Lipinski definition) is 1. The van der Waals surface area contributed by atoms with Crippen molar-refractivity contribution in [3.05, 3.63) is 63.5 Å². The van der Waals surface area contributed by atoms with Gasteiger partial charge in [0.05, 0.1) is 4.91 Å². The van der Waals surface area contributed by atoms with E-state index in [4.69, 9.17) is 11.6 Å². The summed E-state index contributed by atoms with van der Waals surface area (Å²) >= 11 is 7.41. The molecule has 0 aliphatic carbocycles. The normalized spacial score (nSPS) is 20.9. The molecular formula is C25H26ClN3O3S. The van der Waals surface area contributed by atoms with Gasteiger partial charge in [0.25, 0.3) is 11.1 Å². The summed E-state index contributed by atoms with van der Waals surface area (Å²) in [7, 11) is 2.06. The van der Waals surface area contributed by atoms with Crippen LogP contribution in [0, 0.1) is 0 Å². The van der Waals surface area contributed by atoms with Crippen LogP contribution in [0.4, 0.5) is 16.2 Å². The average Bonchev–Trinajstić information content (AvgIpc) is 3.01. The Kier molecular flexibility index (Phi) is 6.29. The molecule has 2 aliphatic heterocycles. The number of nitrogens with one attached hydrogen (secondary N) is 1. The van der Waals surface area contributed by atoms with Crippen molar-refractivity contribution in [3.8, 4) is 0 Å². The molecule has 1 atom stereocenters. The molecule has 2 aliphatic rings. The van der Waals surface area contributed by atoms with E-state index >= 15 is 0 Å². The van der Waals surface area contributed by atoms with Crippen LogP contribution in [0.1, 0.15) is 44.2 Å². The third-order valence-electron chi connectivity index (χ3n) is 6.27. The maximum Gasteiger partial charge on any atom is 0.294 e. The molecule has 6 nitrogen and oxygen atoms in total. The summed E-state index contributed by atoms with van der Waals surface area (Å²) in [5, 5.41) is 2.73. The van der Waals surface area contributed by atoms with Crippen LogP contribution in [-0.4, -0.2) is 41.1 Å². The first-order valence-electron chi connectivity index (χ1n) is 10.7. The van der Waals surface area contributed by atoms with Gasteiger partial charge in [0.2, 0.25) is 5.91 Å². The SMILES string of the molecule is CC1CC(C)(C)N(C)c2cc(Cl)c(/C=C3\SC(=O)N(CC(=O)Nc4ccccc4)C3=O)cc21. The average molecular weight is 484 g/mol. The summed E-state index contributed by atoms with van der Waals surface area (Å²) in [5.41, 5.74) is 3.54. The van der Waals surface area contributed by atoms with E-state index in [2.05, 4.69) is 38.0 Å². The number of carbonyl (C=O) groups is 3. The number of amides is 3. The Morgan fingerprint density at radius 2 is 1.94 bits per heavy atom.